The van der Waals surface area contributed by atoms with Crippen LogP contribution < -0.4 is 5.32 Å². The molecule has 0 aromatic heterocycles. The van der Waals surface area contributed by atoms with Crippen molar-refractivity contribution in [2.24, 2.45) is 5.41 Å². The molecular weight excluding hydrogens is 228 g/mol. The Morgan fingerprint density at radius 2 is 1.89 bits per heavy atom. The van der Waals surface area contributed by atoms with Crippen LogP contribution in [0.3, 0.4) is 0 Å². The molecule has 1 unspecified atom stereocenters. The van der Waals surface area contributed by atoms with Gasteiger partial charge in [0.15, 0.2) is 0 Å². The van der Waals surface area contributed by atoms with E-state index in [1.54, 1.807) is 0 Å². The van der Waals surface area contributed by atoms with Crippen molar-refractivity contribution in [3.8, 4) is 6.07 Å². The van der Waals surface area contributed by atoms with Crippen molar-refractivity contribution in [2.75, 3.05) is 13.2 Å². The SMILES string of the molecule is CCCC(C#N)(CCC)C(=O)NCC(C)OCC. The molecule has 18 heavy (non-hydrogen) atoms. The Balaban J connectivity index is 4.52. The second-order valence-corrected chi connectivity index (χ2v) is 4.67. The second-order valence-electron chi connectivity index (χ2n) is 4.67. The third kappa shape index (κ3) is 5.05. The average Bonchev–Trinajstić information content (AvgIpc) is 2.35. The highest BCUT2D eigenvalue weighted by Crippen LogP contribution is 2.29. The number of nitriles is 1. The molecule has 1 amide bonds. The van der Waals surface area contributed by atoms with Crippen molar-refractivity contribution in [2.45, 2.75) is 59.5 Å². The molecule has 0 bridgehead atoms. The molecule has 104 valence electrons. The Morgan fingerprint density at radius 1 is 1.33 bits per heavy atom. The number of hydrogen-bond donors (Lipinski definition) is 1. The number of nitrogens with one attached hydrogen (secondary N) is 1. The zero-order valence-electron chi connectivity index (χ0n) is 12.1. The minimum absolute atomic E-state index is 0.0152. The van der Waals surface area contributed by atoms with Gasteiger partial charge in [-0.1, -0.05) is 26.7 Å². The maximum absolute atomic E-state index is 12.2. The summed E-state index contributed by atoms with van der Waals surface area (Å²) in [5, 5.41) is 12.2. The van der Waals surface area contributed by atoms with E-state index in [9.17, 15) is 10.1 Å². The minimum atomic E-state index is -0.866. The Hall–Kier alpha value is -1.08. The highest BCUT2D eigenvalue weighted by atomic mass is 16.5. The van der Waals surface area contributed by atoms with Crippen LogP contribution in [-0.2, 0) is 9.53 Å². The first-order chi connectivity index (χ1) is 8.56. The topological polar surface area (TPSA) is 62.1 Å². The van der Waals surface area contributed by atoms with Gasteiger partial charge >= 0.3 is 0 Å². The monoisotopic (exact) mass is 254 g/mol. The molecule has 0 aliphatic heterocycles. The number of carbonyl (C=O) groups excluding carboxylic acids is 1. The lowest BCUT2D eigenvalue weighted by atomic mass is 9.80. The smallest absolute Gasteiger partial charge is 0.240 e. The third-order valence-electron chi connectivity index (χ3n) is 3.00. The van der Waals surface area contributed by atoms with Crippen LogP contribution in [-0.4, -0.2) is 25.2 Å². The molecular formula is C14H26N2O2. The molecule has 0 aromatic carbocycles. The molecule has 0 aliphatic rings. The van der Waals surface area contributed by atoms with Crippen molar-refractivity contribution >= 4 is 5.91 Å². The fourth-order valence-corrected chi connectivity index (χ4v) is 2.12. The first-order valence-corrected chi connectivity index (χ1v) is 6.87. The van der Waals surface area contributed by atoms with Crippen molar-refractivity contribution in [3.63, 3.8) is 0 Å². The van der Waals surface area contributed by atoms with E-state index in [4.69, 9.17) is 4.74 Å². The zero-order valence-corrected chi connectivity index (χ0v) is 12.1. The van der Waals surface area contributed by atoms with Gasteiger partial charge in [0.2, 0.25) is 5.91 Å². The van der Waals surface area contributed by atoms with Crippen LogP contribution in [0.2, 0.25) is 0 Å². The van der Waals surface area contributed by atoms with E-state index in [1.165, 1.54) is 0 Å². The quantitative estimate of drug-likeness (QED) is 0.688. The molecule has 1 atom stereocenters. The maximum Gasteiger partial charge on any atom is 0.240 e. The Bertz CT molecular complexity index is 278. The summed E-state index contributed by atoms with van der Waals surface area (Å²) in [6.07, 6.45) is 2.89. The van der Waals surface area contributed by atoms with Gasteiger partial charge < -0.3 is 10.1 Å². The molecule has 0 aromatic rings. The first kappa shape index (κ1) is 16.9. The molecule has 0 saturated carbocycles. The van der Waals surface area contributed by atoms with Crippen LogP contribution in [0.1, 0.15) is 53.4 Å². The molecule has 0 spiro atoms. The standard InChI is InChI=1S/C14H26N2O2/c1-5-8-14(11-15,9-6-2)13(17)16-10-12(4)18-7-3/h12H,5-10H2,1-4H3,(H,16,17). The summed E-state index contributed by atoms with van der Waals surface area (Å²) in [7, 11) is 0. The van der Waals surface area contributed by atoms with E-state index in [1.807, 2.05) is 27.7 Å². The highest BCUT2D eigenvalue weighted by Gasteiger charge is 2.36. The Morgan fingerprint density at radius 3 is 2.28 bits per heavy atom. The first-order valence-electron chi connectivity index (χ1n) is 6.87. The van der Waals surface area contributed by atoms with Gasteiger partial charge in [0.05, 0.1) is 12.2 Å². The van der Waals surface area contributed by atoms with Crippen LogP contribution >= 0.6 is 0 Å². The summed E-state index contributed by atoms with van der Waals surface area (Å²) in [5.74, 6) is -0.153. The van der Waals surface area contributed by atoms with Gasteiger partial charge in [-0.25, -0.2) is 0 Å². The zero-order chi connectivity index (χ0) is 14.0. The summed E-state index contributed by atoms with van der Waals surface area (Å²) in [6, 6.07) is 2.22. The lowest BCUT2D eigenvalue weighted by Crippen LogP contribution is -2.43. The summed E-state index contributed by atoms with van der Waals surface area (Å²) < 4.78 is 5.36. The highest BCUT2D eigenvalue weighted by molar-refractivity contribution is 5.85. The second kappa shape index (κ2) is 8.93. The summed E-state index contributed by atoms with van der Waals surface area (Å²) >= 11 is 0. The van der Waals surface area contributed by atoms with Crippen molar-refractivity contribution in [1.29, 1.82) is 5.26 Å². The van der Waals surface area contributed by atoms with Gasteiger partial charge in [-0.2, -0.15) is 5.26 Å². The van der Waals surface area contributed by atoms with Crippen LogP contribution in [0.25, 0.3) is 0 Å². The average molecular weight is 254 g/mol. The van der Waals surface area contributed by atoms with Crippen LogP contribution in [0.4, 0.5) is 0 Å². The van der Waals surface area contributed by atoms with Crippen LogP contribution in [0, 0.1) is 16.7 Å². The number of rotatable bonds is 9. The van der Waals surface area contributed by atoms with E-state index in [0.29, 0.717) is 26.0 Å². The molecule has 1 N–H and O–H groups in total. The molecule has 0 heterocycles. The number of amides is 1. The lowest BCUT2D eigenvalue weighted by molar-refractivity contribution is -0.129. The molecule has 4 heteroatoms. The fraction of sp³-hybridized carbons (Fsp3) is 0.857. The van der Waals surface area contributed by atoms with E-state index in [-0.39, 0.29) is 12.0 Å². The van der Waals surface area contributed by atoms with E-state index >= 15 is 0 Å². The van der Waals surface area contributed by atoms with E-state index < -0.39 is 5.41 Å². The summed E-state index contributed by atoms with van der Waals surface area (Å²) in [5.41, 5.74) is -0.866. The molecule has 0 radical (unpaired) electrons. The van der Waals surface area contributed by atoms with Gasteiger partial charge in [-0.15, -0.1) is 0 Å². The third-order valence-corrected chi connectivity index (χ3v) is 3.00. The lowest BCUT2D eigenvalue weighted by Gasteiger charge is -2.25. The predicted molar refractivity (Wildman–Crippen MR) is 72.0 cm³/mol. The number of nitrogens with zero attached hydrogens (tertiary/aromatic N) is 1. The molecule has 0 fully saturated rings. The molecule has 0 aliphatic carbocycles. The normalized spacial score (nSPS) is 12.8. The van der Waals surface area contributed by atoms with E-state index in [0.717, 1.165) is 12.8 Å². The van der Waals surface area contributed by atoms with Crippen molar-refractivity contribution in [3.05, 3.63) is 0 Å². The van der Waals surface area contributed by atoms with Gasteiger partial charge in [0.1, 0.15) is 5.41 Å². The molecule has 0 saturated heterocycles. The predicted octanol–water partition coefficient (Wildman–Crippen LogP) is 2.64. The van der Waals surface area contributed by atoms with Gasteiger partial charge in [-0.05, 0) is 26.7 Å². The van der Waals surface area contributed by atoms with Gasteiger partial charge in [-0.3, -0.25) is 4.79 Å². The number of ether oxygens (including phenoxy) is 1. The number of carbonyl (C=O) groups is 1. The summed E-state index contributed by atoms with van der Waals surface area (Å²) in [6.45, 7) is 8.92. The fourth-order valence-electron chi connectivity index (χ4n) is 2.12. The molecule has 0 rings (SSSR count). The Kier molecular flexibility index (Phi) is 8.40. The minimum Gasteiger partial charge on any atom is -0.377 e. The van der Waals surface area contributed by atoms with Crippen LogP contribution in [0.5, 0.6) is 0 Å². The van der Waals surface area contributed by atoms with E-state index in [2.05, 4.69) is 11.4 Å². The van der Waals surface area contributed by atoms with Crippen molar-refractivity contribution in [1.82, 2.24) is 5.32 Å². The maximum atomic E-state index is 12.2. The van der Waals surface area contributed by atoms with Crippen LogP contribution in [0.15, 0.2) is 0 Å². The van der Waals surface area contributed by atoms with Gasteiger partial charge in [0, 0.05) is 13.2 Å². The van der Waals surface area contributed by atoms with Gasteiger partial charge in [0.25, 0.3) is 0 Å². The van der Waals surface area contributed by atoms with Crippen molar-refractivity contribution < 1.29 is 9.53 Å². The molecule has 4 nitrogen and oxygen atoms in total. The summed E-state index contributed by atoms with van der Waals surface area (Å²) in [4.78, 5) is 12.2. The largest absolute Gasteiger partial charge is 0.377 e. The number of hydrogen-bond acceptors (Lipinski definition) is 3. The Labute approximate surface area is 111 Å².